The van der Waals surface area contributed by atoms with Crippen LogP contribution < -0.4 is 4.90 Å². The van der Waals surface area contributed by atoms with E-state index in [0.29, 0.717) is 11.2 Å². The Balaban J connectivity index is 1.50. The van der Waals surface area contributed by atoms with Crippen molar-refractivity contribution in [2.75, 3.05) is 11.5 Å². The number of hydrogen-bond donors (Lipinski definition) is 0. The third-order valence-electron chi connectivity index (χ3n) is 6.62. The fraction of sp³-hybridized carbons (Fsp3) is 0.484. The number of amides is 2. The van der Waals surface area contributed by atoms with Gasteiger partial charge in [0.05, 0.1) is 17.9 Å². The molecular weight excluding hydrogens is 570 g/mol. The molecule has 2 aliphatic rings. The fourth-order valence-corrected chi connectivity index (χ4v) is 4.99. The second kappa shape index (κ2) is 11.3. The molecule has 0 unspecified atom stereocenters. The van der Waals surface area contributed by atoms with Crippen molar-refractivity contribution in [1.82, 2.24) is 19.5 Å². The maximum Gasteiger partial charge on any atom is 0.425 e. The summed E-state index contributed by atoms with van der Waals surface area (Å²) in [7, 11) is 0. The molecule has 0 bridgehead atoms. The van der Waals surface area contributed by atoms with Gasteiger partial charge in [0.15, 0.2) is 22.8 Å². The van der Waals surface area contributed by atoms with Gasteiger partial charge in [-0.15, -0.1) is 0 Å². The molecule has 0 radical (unpaired) electrons. The minimum atomic E-state index is -0.973. The average molecular weight is 608 g/mol. The van der Waals surface area contributed by atoms with Crippen LogP contribution >= 0.6 is 0 Å². The van der Waals surface area contributed by atoms with Gasteiger partial charge >= 0.3 is 18.2 Å². The summed E-state index contributed by atoms with van der Waals surface area (Å²) >= 11 is 0. The van der Waals surface area contributed by atoms with Gasteiger partial charge in [-0.05, 0) is 73.1 Å². The zero-order chi connectivity index (χ0) is 32.0. The standard InChI is InChI=1S/C31H37N5O8/c1-29(2,3)43-27(38)36(28(39)44-30(4,5)6)25-21-24(32-16-33-25)35(17-34-21)20-14-19(22-23(20)42-31(7,8)41-22)15-40-26(37)18-12-10-9-11-13-18/h9-14,16-17,20,22-23H,15H2,1-8H3/t20-,22-,23+/m1/s1. The number of esters is 1. The van der Waals surface area contributed by atoms with E-state index in [9.17, 15) is 14.4 Å². The molecule has 3 atom stereocenters. The molecule has 44 heavy (non-hydrogen) atoms. The van der Waals surface area contributed by atoms with Gasteiger partial charge in [-0.1, -0.05) is 24.3 Å². The summed E-state index contributed by atoms with van der Waals surface area (Å²) in [5, 5.41) is 0. The Morgan fingerprint density at radius 2 is 1.57 bits per heavy atom. The van der Waals surface area contributed by atoms with Crippen LogP contribution in [0.3, 0.4) is 0 Å². The van der Waals surface area contributed by atoms with E-state index in [2.05, 4.69) is 15.0 Å². The molecule has 0 N–H and O–H groups in total. The largest absolute Gasteiger partial charge is 0.457 e. The van der Waals surface area contributed by atoms with Gasteiger partial charge in [0.2, 0.25) is 0 Å². The summed E-state index contributed by atoms with van der Waals surface area (Å²) in [5.74, 6) is -1.46. The maximum atomic E-state index is 13.3. The molecule has 3 heterocycles. The number of imide groups is 1. The monoisotopic (exact) mass is 607 g/mol. The van der Waals surface area contributed by atoms with Crippen LogP contribution in [0.25, 0.3) is 11.2 Å². The van der Waals surface area contributed by atoms with Crippen LogP contribution in [0, 0.1) is 0 Å². The summed E-state index contributed by atoms with van der Waals surface area (Å²) in [5.41, 5.74) is -0.166. The topological polar surface area (TPSA) is 144 Å². The van der Waals surface area contributed by atoms with E-state index in [1.807, 2.05) is 26.0 Å². The molecule has 2 amide bonds. The molecule has 1 aliphatic carbocycles. The van der Waals surface area contributed by atoms with E-state index >= 15 is 0 Å². The van der Waals surface area contributed by atoms with Crippen molar-refractivity contribution in [3.05, 3.63) is 60.2 Å². The second-order valence-corrected chi connectivity index (χ2v) is 13.0. The molecule has 0 spiro atoms. The Morgan fingerprint density at radius 1 is 0.932 bits per heavy atom. The molecular formula is C31H37N5O8. The number of carbonyl (C=O) groups is 3. The molecule has 1 aromatic carbocycles. The van der Waals surface area contributed by atoms with Crippen LogP contribution in [0.2, 0.25) is 0 Å². The highest BCUT2D eigenvalue weighted by molar-refractivity contribution is 6.12. The van der Waals surface area contributed by atoms with Gasteiger partial charge < -0.3 is 28.3 Å². The van der Waals surface area contributed by atoms with E-state index in [1.54, 1.807) is 70.4 Å². The number of anilines is 1. The van der Waals surface area contributed by atoms with Crippen molar-refractivity contribution < 1.29 is 38.1 Å². The lowest BCUT2D eigenvalue weighted by Crippen LogP contribution is -2.44. The molecule has 234 valence electrons. The van der Waals surface area contributed by atoms with Crippen molar-refractivity contribution in [2.45, 2.75) is 90.6 Å². The molecule has 1 saturated heterocycles. The Kier molecular flexibility index (Phi) is 7.97. The lowest BCUT2D eigenvalue weighted by atomic mass is 10.1. The first kappa shape index (κ1) is 31.1. The SMILES string of the molecule is CC(C)(C)OC(=O)N(C(=O)OC(C)(C)C)c1ncnc2c1ncn2[C@@H]1C=C(COC(=O)c2ccccc2)[C@H]2OC(C)(C)O[C@H]21. The van der Waals surface area contributed by atoms with Crippen LogP contribution in [-0.2, 0) is 23.7 Å². The molecule has 2 aromatic heterocycles. The molecule has 5 rings (SSSR count). The van der Waals surface area contributed by atoms with Crippen LogP contribution in [0.1, 0.15) is 71.8 Å². The van der Waals surface area contributed by atoms with Crippen molar-refractivity contribution in [1.29, 1.82) is 0 Å². The summed E-state index contributed by atoms with van der Waals surface area (Å²) in [6, 6.07) is 8.24. The highest BCUT2D eigenvalue weighted by Gasteiger charge is 2.51. The lowest BCUT2D eigenvalue weighted by Gasteiger charge is -2.28. The van der Waals surface area contributed by atoms with Gasteiger partial charge in [-0.25, -0.2) is 29.3 Å². The minimum Gasteiger partial charge on any atom is -0.457 e. The van der Waals surface area contributed by atoms with Gasteiger partial charge in [-0.3, -0.25) is 0 Å². The first-order chi connectivity index (χ1) is 20.5. The van der Waals surface area contributed by atoms with Crippen molar-refractivity contribution in [3.8, 4) is 0 Å². The normalized spacial score (nSPS) is 21.0. The van der Waals surface area contributed by atoms with Gasteiger partial charge in [0.1, 0.15) is 36.3 Å². The van der Waals surface area contributed by atoms with E-state index < -0.39 is 53.4 Å². The molecule has 13 heteroatoms. The molecule has 13 nitrogen and oxygen atoms in total. The van der Waals surface area contributed by atoms with Crippen LogP contribution in [0.5, 0.6) is 0 Å². The maximum absolute atomic E-state index is 13.3. The van der Waals surface area contributed by atoms with Crippen molar-refractivity contribution in [2.24, 2.45) is 0 Å². The Morgan fingerprint density at radius 3 is 2.18 bits per heavy atom. The predicted octanol–water partition coefficient (Wildman–Crippen LogP) is 5.36. The van der Waals surface area contributed by atoms with E-state index in [-0.39, 0.29) is 17.9 Å². The highest BCUT2D eigenvalue weighted by atomic mass is 16.8. The fourth-order valence-electron chi connectivity index (χ4n) is 4.99. The first-order valence-electron chi connectivity index (χ1n) is 14.2. The summed E-state index contributed by atoms with van der Waals surface area (Å²) in [6.07, 6.45) is 1.70. The van der Waals surface area contributed by atoms with Gasteiger partial charge in [0, 0.05) is 0 Å². The lowest BCUT2D eigenvalue weighted by molar-refractivity contribution is -0.148. The number of imidazole rings is 1. The van der Waals surface area contributed by atoms with Gasteiger partial charge in [-0.2, -0.15) is 4.90 Å². The first-order valence-corrected chi connectivity index (χ1v) is 14.2. The molecule has 0 saturated carbocycles. The average Bonchev–Trinajstić information content (AvgIpc) is 3.57. The van der Waals surface area contributed by atoms with E-state index in [0.717, 1.165) is 10.5 Å². The second-order valence-electron chi connectivity index (χ2n) is 13.0. The molecule has 3 aromatic rings. The van der Waals surface area contributed by atoms with Crippen LogP contribution in [0.15, 0.2) is 54.6 Å². The molecule has 1 aliphatic heterocycles. The summed E-state index contributed by atoms with van der Waals surface area (Å²) < 4.78 is 30.9. The zero-order valence-corrected chi connectivity index (χ0v) is 26.1. The minimum absolute atomic E-state index is 0.0111. The number of hydrogen-bond acceptors (Lipinski definition) is 11. The quantitative estimate of drug-likeness (QED) is 0.210. The number of ether oxygens (including phenoxy) is 5. The number of benzene rings is 1. The Labute approximate surface area is 255 Å². The summed E-state index contributed by atoms with van der Waals surface area (Å²) in [6.45, 7) is 13.7. The Bertz CT molecular complexity index is 1570. The van der Waals surface area contributed by atoms with Crippen molar-refractivity contribution >= 4 is 35.1 Å². The smallest absolute Gasteiger partial charge is 0.425 e. The van der Waals surface area contributed by atoms with Crippen LogP contribution in [-0.4, -0.2) is 73.5 Å². The number of fused-ring (bicyclic) bond motifs is 2. The van der Waals surface area contributed by atoms with E-state index in [1.165, 1.54) is 12.7 Å². The van der Waals surface area contributed by atoms with Crippen LogP contribution in [0.4, 0.5) is 15.4 Å². The van der Waals surface area contributed by atoms with Crippen molar-refractivity contribution in [3.63, 3.8) is 0 Å². The molecule has 1 fully saturated rings. The number of rotatable bonds is 5. The third-order valence-corrected chi connectivity index (χ3v) is 6.62. The number of carbonyl (C=O) groups excluding carboxylic acids is 3. The van der Waals surface area contributed by atoms with E-state index in [4.69, 9.17) is 23.7 Å². The zero-order valence-electron chi connectivity index (χ0n) is 26.1. The summed E-state index contributed by atoms with van der Waals surface area (Å²) in [4.78, 5) is 53.2. The third kappa shape index (κ3) is 6.58. The van der Waals surface area contributed by atoms with Gasteiger partial charge in [0.25, 0.3) is 0 Å². The Hall–Kier alpha value is -4.36. The number of nitrogens with zero attached hydrogens (tertiary/aromatic N) is 5. The predicted molar refractivity (Wildman–Crippen MR) is 158 cm³/mol. The highest BCUT2D eigenvalue weighted by Crippen LogP contribution is 2.44. The number of aromatic nitrogens is 4.